The molecule has 2 rings (SSSR count). The summed E-state index contributed by atoms with van der Waals surface area (Å²) in [4.78, 5) is 32.9. The average molecular weight is 521 g/mol. The van der Waals surface area contributed by atoms with Crippen molar-refractivity contribution in [3.05, 3.63) is 12.7 Å². The third-order valence-electron chi connectivity index (χ3n) is 3.61. The summed E-state index contributed by atoms with van der Waals surface area (Å²) < 4.78 is 48.4. The van der Waals surface area contributed by atoms with Crippen LogP contribution in [0.2, 0.25) is 0 Å². The van der Waals surface area contributed by atoms with Gasteiger partial charge in [0.2, 0.25) is 6.79 Å². The standard InChI is InChI=1S/C15H24N5O8P.C4H8O2/c1-11(2)28-15(21)25-9-27-29(22,26-8-23-3)10-24-5-4-20-7-19-12-13(16)17-6-18-14(12)20;1-4(2)6-3-5/h6-7,11H,4-5,8-10H2,1-3H3,(H2,16,17,18);3-4H,1-2H3. The summed E-state index contributed by atoms with van der Waals surface area (Å²) in [6.45, 7) is 6.95. The first-order chi connectivity index (χ1) is 16.6. The molecule has 0 aliphatic heterocycles. The molecule has 0 fully saturated rings. The number of anilines is 1. The molecular formula is C19H32N5O10P. The first-order valence-corrected chi connectivity index (χ1v) is 12.1. The van der Waals surface area contributed by atoms with E-state index in [1.807, 2.05) is 0 Å². The lowest BCUT2D eigenvalue weighted by molar-refractivity contribution is -0.131. The molecule has 0 aromatic carbocycles. The van der Waals surface area contributed by atoms with Gasteiger partial charge in [-0.1, -0.05) is 0 Å². The van der Waals surface area contributed by atoms with Crippen LogP contribution in [0.3, 0.4) is 0 Å². The minimum absolute atomic E-state index is 0.0301. The van der Waals surface area contributed by atoms with E-state index in [-0.39, 0.29) is 37.8 Å². The van der Waals surface area contributed by atoms with Gasteiger partial charge in [-0.25, -0.2) is 19.7 Å². The number of fused-ring (bicyclic) bond motifs is 1. The van der Waals surface area contributed by atoms with Gasteiger partial charge in [0.25, 0.3) is 6.47 Å². The highest BCUT2D eigenvalue weighted by Crippen LogP contribution is 2.48. The summed E-state index contributed by atoms with van der Waals surface area (Å²) >= 11 is 0. The predicted molar refractivity (Wildman–Crippen MR) is 122 cm³/mol. The fourth-order valence-electron chi connectivity index (χ4n) is 2.14. The third-order valence-corrected chi connectivity index (χ3v) is 5.10. The molecule has 0 radical (unpaired) electrons. The smallest absolute Gasteiger partial charge is 0.465 e. The summed E-state index contributed by atoms with van der Waals surface area (Å²) in [6, 6.07) is 0. The van der Waals surface area contributed by atoms with E-state index in [0.29, 0.717) is 24.2 Å². The quantitative estimate of drug-likeness (QED) is 0.125. The van der Waals surface area contributed by atoms with Crippen LogP contribution in [0, 0.1) is 0 Å². The number of rotatable bonds is 14. The SMILES string of the molecule is CC(C)OC=O.COCOP(=O)(COCCn1cnc2c(N)ncnc21)OCOC(=O)OC(C)C. The number of nitrogens with zero attached hydrogens (tertiary/aromatic N) is 4. The topological polar surface area (TPSA) is 185 Å². The van der Waals surface area contributed by atoms with Crippen molar-refractivity contribution in [3.63, 3.8) is 0 Å². The van der Waals surface area contributed by atoms with Crippen LogP contribution in [0.25, 0.3) is 11.2 Å². The maximum absolute atomic E-state index is 12.7. The molecule has 198 valence electrons. The summed E-state index contributed by atoms with van der Waals surface area (Å²) in [5.41, 5.74) is 6.77. The summed E-state index contributed by atoms with van der Waals surface area (Å²) in [5, 5.41) is 0. The van der Waals surface area contributed by atoms with E-state index >= 15 is 0 Å². The molecule has 0 amide bonds. The van der Waals surface area contributed by atoms with Crippen molar-refractivity contribution in [2.75, 3.05) is 39.4 Å². The van der Waals surface area contributed by atoms with Crippen LogP contribution >= 0.6 is 7.60 Å². The third kappa shape index (κ3) is 11.9. The molecule has 0 saturated carbocycles. The zero-order valence-electron chi connectivity index (χ0n) is 20.3. The normalized spacial score (nSPS) is 12.7. The maximum atomic E-state index is 12.7. The number of imidazole rings is 1. The van der Waals surface area contributed by atoms with Crippen LogP contribution in [-0.2, 0) is 48.6 Å². The van der Waals surface area contributed by atoms with Crippen LogP contribution in [0.4, 0.5) is 10.6 Å². The summed E-state index contributed by atoms with van der Waals surface area (Å²) in [6.07, 6.45) is 1.21. The molecule has 1 unspecified atom stereocenters. The second-order valence-electron chi connectivity index (χ2n) is 7.14. The first-order valence-electron chi connectivity index (χ1n) is 10.4. The van der Waals surface area contributed by atoms with Gasteiger partial charge in [0, 0.05) is 13.7 Å². The molecule has 0 aliphatic carbocycles. The number of carbonyl (C=O) groups is 2. The van der Waals surface area contributed by atoms with Gasteiger partial charge in [-0.05, 0) is 27.7 Å². The first kappa shape index (κ1) is 30.2. The van der Waals surface area contributed by atoms with Crippen LogP contribution in [0.1, 0.15) is 27.7 Å². The average Bonchev–Trinajstić information content (AvgIpc) is 3.20. The van der Waals surface area contributed by atoms with E-state index in [1.54, 1.807) is 38.6 Å². The van der Waals surface area contributed by atoms with E-state index in [4.69, 9.17) is 29.0 Å². The van der Waals surface area contributed by atoms with Crippen molar-refractivity contribution in [2.45, 2.75) is 46.4 Å². The van der Waals surface area contributed by atoms with Gasteiger partial charge in [-0.15, -0.1) is 0 Å². The Hall–Kier alpha value is -2.84. The fraction of sp³-hybridized carbons (Fsp3) is 0.632. The number of nitrogen functional groups attached to an aromatic ring is 1. The van der Waals surface area contributed by atoms with Gasteiger partial charge in [0.1, 0.15) is 18.2 Å². The largest absolute Gasteiger partial charge is 0.510 e. The number of ether oxygens (including phenoxy) is 5. The molecule has 2 aromatic heterocycles. The monoisotopic (exact) mass is 521 g/mol. The van der Waals surface area contributed by atoms with E-state index < -0.39 is 20.5 Å². The Morgan fingerprint density at radius 2 is 1.86 bits per heavy atom. The zero-order valence-corrected chi connectivity index (χ0v) is 21.2. The van der Waals surface area contributed by atoms with Gasteiger partial charge in [0.15, 0.2) is 18.3 Å². The molecule has 0 saturated heterocycles. The van der Waals surface area contributed by atoms with Crippen LogP contribution < -0.4 is 5.73 Å². The molecule has 35 heavy (non-hydrogen) atoms. The van der Waals surface area contributed by atoms with Gasteiger partial charge in [-0.3, -0.25) is 18.4 Å². The molecule has 2 N–H and O–H groups in total. The van der Waals surface area contributed by atoms with Crippen LogP contribution in [0.15, 0.2) is 12.7 Å². The lowest BCUT2D eigenvalue weighted by Gasteiger charge is -2.18. The van der Waals surface area contributed by atoms with Crippen LogP contribution in [0.5, 0.6) is 0 Å². The van der Waals surface area contributed by atoms with Gasteiger partial charge >= 0.3 is 13.8 Å². The van der Waals surface area contributed by atoms with Gasteiger partial charge in [-0.2, -0.15) is 0 Å². The number of carbonyl (C=O) groups excluding carboxylic acids is 2. The molecule has 0 spiro atoms. The number of aromatic nitrogens is 4. The summed E-state index contributed by atoms with van der Waals surface area (Å²) in [7, 11) is -2.38. The van der Waals surface area contributed by atoms with Crippen molar-refractivity contribution in [1.82, 2.24) is 19.5 Å². The Balaban J connectivity index is 0.000000905. The Morgan fingerprint density at radius 1 is 1.14 bits per heavy atom. The van der Waals surface area contributed by atoms with Gasteiger partial charge in [0.05, 0.1) is 25.1 Å². The zero-order chi connectivity index (χ0) is 26.3. The Labute approximate surface area is 202 Å². The number of methoxy groups -OCH3 is 1. The molecule has 2 aromatic rings. The molecule has 16 heteroatoms. The van der Waals surface area contributed by atoms with E-state index in [1.165, 1.54) is 13.4 Å². The Kier molecular flexibility index (Phi) is 13.8. The fourth-order valence-corrected chi connectivity index (χ4v) is 3.19. The lowest BCUT2D eigenvalue weighted by Crippen LogP contribution is -2.16. The Bertz CT molecular complexity index is 955. The van der Waals surface area contributed by atoms with Crippen molar-refractivity contribution in [1.29, 1.82) is 0 Å². The second kappa shape index (κ2) is 15.9. The Morgan fingerprint density at radius 3 is 2.46 bits per heavy atom. The molecular weight excluding hydrogens is 489 g/mol. The van der Waals surface area contributed by atoms with E-state index in [9.17, 15) is 14.2 Å². The number of hydrogen-bond donors (Lipinski definition) is 1. The maximum Gasteiger partial charge on any atom is 0.510 e. The van der Waals surface area contributed by atoms with Crippen molar-refractivity contribution >= 4 is 37.2 Å². The van der Waals surface area contributed by atoms with Gasteiger partial charge < -0.3 is 34.0 Å². The minimum Gasteiger partial charge on any atom is -0.465 e. The van der Waals surface area contributed by atoms with Crippen molar-refractivity contribution < 1.29 is 46.9 Å². The van der Waals surface area contributed by atoms with Crippen molar-refractivity contribution in [2.24, 2.45) is 0 Å². The second-order valence-corrected chi connectivity index (χ2v) is 9.14. The number of nitrogens with two attached hydrogens (primary N) is 1. The molecule has 0 bridgehead atoms. The van der Waals surface area contributed by atoms with E-state index in [2.05, 4.69) is 24.4 Å². The molecule has 2 heterocycles. The highest BCUT2D eigenvalue weighted by Gasteiger charge is 2.26. The van der Waals surface area contributed by atoms with E-state index in [0.717, 1.165) is 0 Å². The minimum atomic E-state index is -3.74. The van der Waals surface area contributed by atoms with Crippen LogP contribution in [-0.4, -0.2) is 78.0 Å². The molecule has 0 aliphatic rings. The predicted octanol–water partition coefficient (Wildman–Crippen LogP) is 2.30. The molecule has 1 atom stereocenters. The van der Waals surface area contributed by atoms with Crippen molar-refractivity contribution in [3.8, 4) is 0 Å². The highest BCUT2D eigenvalue weighted by atomic mass is 31.2. The summed E-state index contributed by atoms with van der Waals surface area (Å²) in [5.74, 6) is 0.275. The lowest BCUT2D eigenvalue weighted by atomic mass is 10.5. The molecule has 15 nitrogen and oxygen atoms in total. The highest BCUT2D eigenvalue weighted by molar-refractivity contribution is 7.53. The number of hydrogen-bond acceptors (Lipinski definition) is 14.